The van der Waals surface area contributed by atoms with Gasteiger partial charge in [0, 0.05) is 18.2 Å². The van der Waals surface area contributed by atoms with E-state index in [0.29, 0.717) is 5.71 Å². The second-order valence-corrected chi connectivity index (χ2v) is 7.31. The maximum absolute atomic E-state index is 12.9. The number of benzene rings is 2. The molecule has 0 fully saturated rings. The van der Waals surface area contributed by atoms with Gasteiger partial charge in [-0.2, -0.15) is 0 Å². The molecule has 140 valence electrons. The Morgan fingerprint density at radius 3 is 2.37 bits per heavy atom. The molecule has 6 heteroatoms. The van der Waals surface area contributed by atoms with Crippen molar-refractivity contribution in [2.24, 2.45) is 4.99 Å². The fourth-order valence-electron chi connectivity index (χ4n) is 2.86. The molecule has 27 heavy (non-hydrogen) atoms. The van der Waals surface area contributed by atoms with Crippen LogP contribution >= 0.6 is 0 Å². The molecule has 0 spiro atoms. The number of fused-ring (bicyclic) bond motifs is 1. The Hall–Kier alpha value is -3.15. The number of amides is 2. The summed E-state index contributed by atoms with van der Waals surface area (Å²) in [5.41, 5.74) is 2.40. The molecule has 1 aliphatic heterocycles. The van der Waals surface area contributed by atoms with Crippen molar-refractivity contribution in [2.45, 2.75) is 32.5 Å². The van der Waals surface area contributed by atoms with E-state index < -0.39 is 17.9 Å². The van der Waals surface area contributed by atoms with Crippen LogP contribution in [-0.2, 0) is 9.53 Å². The van der Waals surface area contributed by atoms with E-state index in [1.807, 2.05) is 54.6 Å². The second kappa shape index (κ2) is 7.23. The average molecular weight is 365 g/mol. The van der Waals surface area contributed by atoms with Crippen molar-refractivity contribution in [1.82, 2.24) is 5.32 Å². The van der Waals surface area contributed by atoms with Crippen molar-refractivity contribution < 1.29 is 14.3 Å². The Bertz CT molecular complexity index is 885. The number of nitrogens with one attached hydrogen (secondary N) is 1. The molecule has 1 heterocycles. The first-order chi connectivity index (χ1) is 12.8. The summed E-state index contributed by atoms with van der Waals surface area (Å²) in [6, 6.07) is 17.1. The molecule has 2 aromatic carbocycles. The smallest absolute Gasteiger partial charge is 0.409 e. The van der Waals surface area contributed by atoms with Crippen LogP contribution in [0.15, 0.2) is 59.6 Å². The maximum Gasteiger partial charge on any atom is 0.409 e. The van der Waals surface area contributed by atoms with Gasteiger partial charge in [0.15, 0.2) is 0 Å². The van der Waals surface area contributed by atoms with Crippen molar-refractivity contribution in [3.8, 4) is 0 Å². The van der Waals surface area contributed by atoms with Crippen LogP contribution in [0.4, 0.5) is 10.5 Å². The molecule has 3 rings (SSSR count). The van der Waals surface area contributed by atoms with Gasteiger partial charge in [-0.25, -0.2) is 9.79 Å². The van der Waals surface area contributed by atoms with Gasteiger partial charge in [0.25, 0.3) is 5.91 Å². The van der Waals surface area contributed by atoms with Crippen molar-refractivity contribution >= 4 is 23.4 Å². The van der Waals surface area contributed by atoms with Gasteiger partial charge in [-0.15, -0.1) is 0 Å². The average Bonchev–Trinajstić information content (AvgIpc) is 2.72. The first-order valence-electron chi connectivity index (χ1n) is 8.76. The molecular formula is C21H23N3O3. The zero-order valence-electron chi connectivity index (χ0n) is 15.9. The number of carbonyl (C=O) groups is 2. The van der Waals surface area contributed by atoms with Crippen LogP contribution < -0.4 is 10.2 Å². The zero-order chi connectivity index (χ0) is 19.6. The number of hydrogen-bond donors (Lipinski definition) is 1. The van der Waals surface area contributed by atoms with Crippen LogP contribution in [0.2, 0.25) is 0 Å². The monoisotopic (exact) mass is 365 g/mol. The Labute approximate surface area is 158 Å². The number of benzodiazepines with no additional fused rings is 1. The lowest BCUT2D eigenvalue weighted by Gasteiger charge is -2.23. The molecule has 1 aliphatic rings. The Morgan fingerprint density at radius 2 is 1.70 bits per heavy atom. The summed E-state index contributed by atoms with van der Waals surface area (Å²) in [4.78, 5) is 31.3. The molecule has 0 bridgehead atoms. The van der Waals surface area contributed by atoms with Crippen molar-refractivity contribution in [3.05, 3.63) is 65.7 Å². The van der Waals surface area contributed by atoms with Gasteiger partial charge >= 0.3 is 6.09 Å². The number of nitrogens with zero attached hydrogens (tertiary/aromatic N) is 2. The number of anilines is 1. The lowest BCUT2D eigenvalue weighted by atomic mass is 10.0. The second-order valence-electron chi connectivity index (χ2n) is 7.31. The highest BCUT2D eigenvalue weighted by Gasteiger charge is 2.32. The van der Waals surface area contributed by atoms with E-state index in [9.17, 15) is 9.59 Å². The molecule has 1 unspecified atom stereocenters. The minimum atomic E-state index is -1.08. The van der Waals surface area contributed by atoms with Gasteiger partial charge in [-0.3, -0.25) is 10.1 Å². The number of aliphatic imine (C=N–C) groups is 1. The third-order valence-electron chi connectivity index (χ3n) is 4.04. The standard InChI is InChI=1S/C21H23N3O3/c1-21(2,3)27-20(26)23-18-19(25)24(4)16-13-9-8-12-15(16)17(22-18)14-10-6-5-7-11-14/h5-13,18H,1-4H3,(H,23,26). The van der Waals surface area contributed by atoms with Crippen LogP contribution in [0.25, 0.3) is 0 Å². The fraction of sp³-hybridized carbons (Fsp3) is 0.286. The minimum absolute atomic E-state index is 0.334. The van der Waals surface area contributed by atoms with Crippen LogP contribution in [-0.4, -0.2) is 36.5 Å². The van der Waals surface area contributed by atoms with Gasteiger partial charge in [0.2, 0.25) is 6.17 Å². The normalized spacial score (nSPS) is 16.9. The van der Waals surface area contributed by atoms with Crippen molar-refractivity contribution in [3.63, 3.8) is 0 Å². The van der Waals surface area contributed by atoms with E-state index in [4.69, 9.17) is 4.74 Å². The number of ether oxygens (including phenoxy) is 1. The van der Waals surface area contributed by atoms with Crippen molar-refractivity contribution in [2.75, 3.05) is 11.9 Å². The lowest BCUT2D eigenvalue weighted by molar-refractivity contribution is -0.120. The third-order valence-corrected chi connectivity index (χ3v) is 4.04. The molecule has 6 nitrogen and oxygen atoms in total. The third kappa shape index (κ3) is 4.16. The molecule has 2 aromatic rings. The zero-order valence-corrected chi connectivity index (χ0v) is 15.9. The number of para-hydroxylation sites is 1. The van der Waals surface area contributed by atoms with E-state index >= 15 is 0 Å². The molecule has 0 saturated carbocycles. The number of alkyl carbamates (subject to hydrolysis) is 1. The molecule has 0 aliphatic carbocycles. The molecule has 0 saturated heterocycles. The molecule has 2 amide bonds. The molecule has 1 atom stereocenters. The largest absolute Gasteiger partial charge is 0.444 e. The van der Waals surface area contributed by atoms with Gasteiger partial charge in [-0.1, -0.05) is 48.5 Å². The highest BCUT2D eigenvalue weighted by molar-refractivity contribution is 6.20. The van der Waals surface area contributed by atoms with Gasteiger partial charge < -0.3 is 9.64 Å². The summed E-state index contributed by atoms with van der Waals surface area (Å²) in [6.45, 7) is 5.30. The molecular weight excluding hydrogens is 342 g/mol. The first kappa shape index (κ1) is 18.6. The maximum atomic E-state index is 12.9. The summed E-state index contributed by atoms with van der Waals surface area (Å²) in [7, 11) is 1.67. The van der Waals surface area contributed by atoms with Crippen LogP contribution in [0, 0.1) is 0 Å². The van der Waals surface area contributed by atoms with Crippen LogP contribution in [0.5, 0.6) is 0 Å². The van der Waals surface area contributed by atoms with E-state index in [-0.39, 0.29) is 5.91 Å². The van der Waals surface area contributed by atoms with E-state index in [0.717, 1.165) is 16.8 Å². The summed E-state index contributed by atoms with van der Waals surface area (Å²) in [6.07, 6.45) is -1.76. The Morgan fingerprint density at radius 1 is 1.07 bits per heavy atom. The van der Waals surface area contributed by atoms with Crippen LogP contribution in [0.1, 0.15) is 31.9 Å². The highest BCUT2D eigenvalue weighted by Crippen LogP contribution is 2.27. The molecule has 1 N–H and O–H groups in total. The summed E-state index contributed by atoms with van der Waals surface area (Å²) < 4.78 is 5.29. The summed E-state index contributed by atoms with van der Waals surface area (Å²) in [5.74, 6) is -0.334. The number of carbonyl (C=O) groups excluding carboxylic acids is 2. The molecule has 0 aromatic heterocycles. The number of likely N-dealkylation sites (N-methyl/N-ethyl adjacent to an activating group) is 1. The summed E-state index contributed by atoms with van der Waals surface area (Å²) >= 11 is 0. The van der Waals surface area contributed by atoms with Gasteiger partial charge in [0.05, 0.1) is 11.4 Å². The predicted molar refractivity (Wildman–Crippen MR) is 105 cm³/mol. The number of hydrogen-bond acceptors (Lipinski definition) is 4. The first-order valence-corrected chi connectivity index (χ1v) is 8.76. The minimum Gasteiger partial charge on any atom is -0.444 e. The van der Waals surface area contributed by atoms with E-state index in [1.54, 1.807) is 27.8 Å². The van der Waals surface area contributed by atoms with Crippen molar-refractivity contribution in [1.29, 1.82) is 0 Å². The number of rotatable bonds is 2. The topological polar surface area (TPSA) is 71.0 Å². The fourth-order valence-corrected chi connectivity index (χ4v) is 2.86. The Balaban J connectivity index is 2.05. The van der Waals surface area contributed by atoms with Crippen LogP contribution in [0.3, 0.4) is 0 Å². The Kier molecular flexibility index (Phi) is 4.99. The predicted octanol–water partition coefficient (Wildman–Crippen LogP) is 3.35. The lowest BCUT2D eigenvalue weighted by Crippen LogP contribution is -2.47. The van der Waals surface area contributed by atoms with Gasteiger partial charge in [-0.05, 0) is 26.8 Å². The van der Waals surface area contributed by atoms with Gasteiger partial charge in [0.1, 0.15) is 5.60 Å². The summed E-state index contributed by atoms with van der Waals surface area (Å²) in [5, 5.41) is 2.59. The van der Waals surface area contributed by atoms with E-state index in [1.165, 1.54) is 4.90 Å². The quantitative estimate of drug-likeness (QED) is 0.887. The SMILES string of the molecule is CN1C(=O)C(NC(=O)OC(C)(C)C)N=C(c2ccccc2)c2ccccc21. The van der Waals surface area contributed by atoms with E-state index in [2.05, 4.69) is 10.3 Å². The molecule has 0 radical (unpaired) electrons. The highest BCUT2D eigenvalue weighted by atomic mass is 16.6.